The first kappa shape index (κ1) is 13.7. The average molecular weight is 259 g/mol. The zero-order valence-corrected chi connectivity index (χ0v) is 11.6. The maximum atomic E-state index is 4.29. The van der Waals surface area contributed by atoms with Gasteiger partial charge in [0, 0.05) is 31.9 Å². The molecule has 2 heterocycles. The van der Waals surface area contributed by atoms with Crippen molar-refractivity contribution in [2.45, 2.75) is 32.2 Å². The number of hydrogen-bond donors (Lipinski definition) is 1. The smallest absolute Gasteiger partial charge is 0.138 e. The molecular formula is C14H21N5. The molecule has 0 aliphatic rings. The minimum absolute atomic E-state index is 0.424. The lowest BCUT2D eigenvalue weighted by molar-refractivity contribution is 0.472. The van der Waals surface area contributed by atoms with E-state index < -0.39 is 0 Å². The standard InChI is InChI=1S/C14H21N5/c1-3-16-13(9-14-17-11-18-19(14)2)7-6-12-5-4-8-15-10-12/h4-5,8,10-11,13,16H,3,6-7,9H2,1-2H3. The van der Waals surface area contributed by atoms with Gasteiger partial charge in [0.15, 0.2) is 0 Å². The van der Waals surface area contributed by atoms with Crippen molar-refractivity contribution in [3.8, 4) is 0 Å². The summed E-state index contributed by atoms with van der Waals surface area (Å²) in [6.45, 7) is 3.10. The van der Waals surface area contributed by atoms with E-state index in [1.165, 1.54) is 5.56 Å². The summed E-state index contributed by atoms with van der Waals surface area (Å²) < 4.78 is 1.84. The molecule has 0 radical (unpaired) electrons. The van der Waals surface area contributed by atoms with Crippen LogP contribution in [-0.4, -0.2) is 32.3 Å². The van der Waals surface area contributed by atoms with Gasteiger partial charge in [-0.3, -0.25) is 9.67 Å². The van der Waals surface area contributed by atoms with Crippen LogP contribution in [0.25, 0.3) is 0 Å². The van der Waals surface area contributed by atoms with Gasteiger partial charge in [0.1, 0.15) is 12.2 Å². The Morgan fingerprint density at radius 2 is 2.32 bits per heavy atom. The topological polar surface area (TPSA) is 55.6 Å². The molecule has 0 saturated carbocycles. The highest BCUT2D eigenvalue weighted by Gasteiger charge is 2.12. The van der Waals surface area contributed by atoms with Crippen molar-refractivity contribution in [2.24, 2.45) is 7.05 Å². The number of aromatic nitrogens is 4. The van der Waals surface area contributed by atoms with Crippen LogP contribution in [0, 0.1) is 0 Å². The number of aryl methyl sites for hydroxylation is 2. The van der Waals surface area contributed by atoms with Crippen molar-refractivity contribution in [3.63, 3.8) is 0 Å². The molecule has 5 heteroatoms. The Morgan fingerprint density at radius 3 is 2.95 bits per heavy atom. The van der Waals surface area contributed by atoms with Crippen LogP contribution in [-0.2, 0) is 19.9 Å². The van der Waals surface area contributed by atoms with E-state index in [-0.39, 0.29) is 0 Å². The summed E-state index contributed by atoms with van der Waals surface area (Å²) in [6, 6.07) is 4.53. The molecule has 1 unspecified atom stereocenters. The molecule has 5 nitrogen and oxygen atoms in total. The Bertz CT molecular complexity index is 480. The van der Waals surface area contributed by atoms with Crippen molar-refractivity contribution in [1.29, 1.82) is 0 Å². The van der Waals surface area contributed by atoms with E-state index >= 15 is 0 Å². The first-order chi connectivity index (χ1) is 9.29. The van der Waals surface area contributed by atoms with Gasteiger partial charge >= 0.3 is 0 Å². The van der Waals surface area contributed by atoms with Crippen LogP contribution in [0.1, 0.15) is 24.7 Å². The van der Waals surface area contributed by atoms with Crippen LogP contribution in [0.2, 0.25) is 0 Å². The van der Waals surface area contributed by atoms with E-state index in [4.69, 9.17) is 0 Å². The van der Waals surface area contributed by atoms with Crippen molar-refractivity contribution >= 4 is 0 Å². The second-order valence-electron chi connectivity index (χ2n) is 4.66. The molecule has 0 bridgehead atoms. The Morgan fingerprint density at radius 1 is 1.42 bits per heavy atom. The summed E-state index contributed by atoms with van der Waals surface area (Å²) in [6.07, 6.45) is 8.37. The van der Waals surface area contributed by atoms with Gasteiger partial charge in [0.2, 0.25) is 0 Å². The van der Waals surface area contributed by atoms with E-state index in [9.17, 15) is 0 Å². The van der Waals surface area contributed by atoms with Gasteiger partial charge in [-0.25, -0.2) is 4.98 Å². The predicted molar refractivity (Wildman–Crippen MR) is 74.7 cm³/mol. The fourth-order valence-corrected chi connectivity index (χ4v) is 2.18. The van der Waals surface area contributed by atoms with Gasteiger partial charge in [-0.05, 0) is 31.0 Å². The summed E-state index contributed by atoms with van der Waals surface area (Å²) in [4.78, 5) is 8.44. The van der Waals surface area contributed by atoms with E-state index in [1.807, 2.05) is 30.2 Å². The molecule has 0 amide bonds. The average Bonchev–Trinajstić information content (AvgIpc) is 2.83. The van der Waals surface area contributed by atoms with Crippen LogP contribution in [0.4, 0.5) is 0 Å². The summed E-state index contributed by atoms with van der Waals surface area (Å²) >= 11 is 0. The lowest BCUT2D eigenvalue weighted by Gasteiger charge is -2.17. The summed E-state index contributed by atoms with van der Waals surface area (Å²) in [5.74, 6) is 1.03. The van der Waals surface area contributed by atoms with E-state index in [2.05, 4.69) is 33.4 Å². The van der Waals surface area contributed by atoms with Crippen molar-refractivity contribution in [3.05, 3.63) is 42.2 Å². The summed E-state index contributed by atoms with van der Waals surface area (Å²) in [5, 5.41) is 7.63. The van der Waals surface area contributed by atoms with Crippen LogP contribution in [0.5, 0.6) is 0 Å². The fraction of sp³-hybridized carbons (Fsp3) is 0.500. The molecule has 102 valence electrons. The van der Waals surface area contributed by atoms with Crippen LogP contribution in [0.15, 0.2) is 30.9 Å². The highest BCUT2D eigenvalue weighted by molar-refractivity contribution is 5.08. The largest absolute Gasteiger partial charge is 0.314 e. The number of hydrogen-bond acceptors (Lipinski definition) is 4. The van der Waals surface area contributed by atoms with Crippen molar-refractivity contribution < 1.29 is 0 Å². The van der Waals surface area contributed by atoms with Gasteiger partial charge in [-0.1, -0.05) is 13.0 Å². The Kier molecular flexibility index (Phi) is 5.03. The minimum atomic E-state index is 0.424. The molecule has 2 aromatic rings. The first-order valence-electron chi connectivity index (χ1n) is 6.74. The second kappa shape index (κ2) is 6.99. The van der Waals surface area contributed by atoms with E-state index in [0.29, 0.717) is 6.04 Å². The lowest BCUT2D eigenvalue weighted by Crippen LogP contribution is -2.32. The second-order valence-corrected chi connectivity index (χ2v) is 4.66. The fourth-order valence-electron chi connectivity index (χ4n) is 2.18. The lowest BCUT2D eigenvalue weighted by atomic mass is 10.0. The molecule has 0 spiro atoms. The Hall–Kier alpha value is -1.75. The molecule has 1 N–H and O–H groups in total. The third-order valence-corrected chi connectivity index (χ3v) is 3.23. The third kappa shape index (κ3) is 4.13. The van der Waals surface area contributed by atoms with E-state index in [0.717, 1.165) is 31.6 Å². The molecule has 1 atom stereocenters. The molecule has 0 aliphatic carbocycles. The molecular weight excluding hydrogens is 238 g/mol. The summed E-state index contributed by atoms with van der Waals surface area (Å²) in [5.41, 5.74) is 1.28. The van der Waals surface area contributed by atoms with Crippen LogP contribution in [0.3, 0.4) is 0 Å². The first-order valence-corrected chi connectivity index (χ1v) is 6.74. The molecule has 19 heavy (non-hydrogen) atoms. The van der Waals surface area contributed by atoms with Gasteiger partial charge in [-0.15, -0.1) is 0 Å². The number of rotatable bonds is 7. The monoisotopic (exact) mass is 259 g/mol. The quantitative estimate of drug-likeness (QED) is 0.816. The van der Waals surface area contributed by atoms with E-state index in [1.54, 1.807) is 6.33 Å². The summed E-state index contributed by atoms with van der Waals surface area (Å²) in [7, 11) is 1.94. The maximum absolute atomic E-state index is 4.29. The Labute approximate surface area is 114 Å². The normalized spacial score (nSPS) is 12.5. The van der Waals surface area contributed by atoms with Gasteiger partial charge in [0.25, 0.3) is 0 Å². The number of nitrogens with one attached hydrogen (secondary N) is 1. The number of likely N-dealkylation sites (N-methyl/N-ethyl adjacent to an activating group) is 1. The molecule has 0 saturated heterocycles. The highest BCUT2D eigenvalue weighted by atomic mass is 15.3. The zero-order valence-electron chi connectivity index (χ0n) is 11.6. The molecule has 2 aromatic heterocycles. The van der Waals surface area contributed by atoms with Gasteiger partial charge in [0.05, 0.1) is 0 Å². The van der Waals surface area contributed by atoms with Crippen molar-refractivity contribution in [1.82, 2.24) is 25.1 Å². The van der Waals surface area contributed by atoms with Crippen molar-refractivity contribution in [2.75, 3.05) is 6.54 Å². The molecule has 0 aromatic carbocycles. The predicted octanol–water partition coefficient (Wildman–Crippen LogP) is 1.36. The molecule has 2 rings (SSSR count). The maximum Gasteiger partial charge on any atom is 0.138 e. The third-order valence-electron chi connectivity index (χ3n) is 3.23. The highest BCUT2D eigenvalue weighted by Crippen LogP contribution is 2.07. The minimum Gasteiger partial charge on any atom is -0.314 e. The van der Waals surface area contributed by atoms with Gasteiger partial charge in [-0.2, -0.15) is 5.10 Å². The SMILES string of the molecule is CCNC(CCc1cccnc1)Cc1ncnn1C. The molecule has 0 fully saturated rings. The number of pyridine rings is 1. The molecule has 0 aliphatic heterocycles. The zero-order chi connectivity index (χ0) is 13.5. The van der Waals surface area contributed by atoms with Crippen LogP contribution < -0.4 is 5.32 Å². The Balaban J connectivity index is 1.91. The van der Waals surface area contributed by atoms with Crippen LogP contribution >= 0.6 is 0 Å². The number of nitrogens with zero attached hydrogens (tertiary/aromatic N) is 4. The van der Waals surface area contributed by atoms with Gasteiger partial charge < -0.3 is 5.32 Å².